The molecule has 2 aromatic carbocycles. The van der Waals surface area contributed by atoms with Crippen LogP contribution in [0.25, 0.3) is 0 Å². The number of ether oxygens (including phenoxy) is 2. The van der Waals surface area contributed by atoms with E-state index in [0.717, 1.165) is 30.2 Å². The number of amides is 2. The second-order valence-corrected chi connectivity index (χ2v) is 7.79. The van der Waals surface area contributed by atoms with E-state index < -0.39 is 0 Å². The van der Waals surface area contributed by atoms with Crippen molar-refractivity contribution in [2.24, 2.45) is 5.92 Å². The molecule has 164 valence electrons. The minimum Gasteiger partial charge on any atom is -0.495 e. The Kier molecular flexibility index (Phi) is 6.30. The highest BCUT2D eigenvalue weighted by molar-refractivity contribution is 6.01. The lowest BCUT2D eigenvalue weighted by molar-refractivity contribution is -0.136. The standard InChI is InChI=1S/C24H29N3O4/c1-3-31-22-11-7-5-9-20(22)27-17-18(16-23(27)28)24(29)26-14-12-25(13-15-26)19-8-4-6-10-21(19)30-2/h4-11,18H,3,12-17H2,1-2H3/t18-/m0/s1. The minimum atomic E-state index is -0.319. The Bertz CT molecular complexity index is 940. The summed E-state index contributed by atoms with van der Waals surface area (Å²) >= 11 is 0. The van der Waals surface area contributed by atoms with Gasteiger partial charge in [0.25, 0.3) is 0 Å². The first-order valence-corrected chi connectivity index (χ1v) is 10.8. The van der Waals surface area contributed by atoms with E-state index in [4.69, 9.17) is 9.47 Å². The zero-order chi connectivity index (χ0) is 21.8. The highest BCUT2D eigenvalue weighted by Crippen LogP contribution is 2.34. The smallest absolute Gasteiger partial charge is 0.228 e. The van der Waals surface area contributed by atoms with Crippen LogP contribution in [0.3, 0.4) is 0 Å². The van der Waals surface area contributed by atoms with Crippen molar-refractivity contribution in [3.05, 3.63) is 48.5 Å². The van der Waals surface area contributed by atoms with Gasteiger partial charge in [0.2, 0.25) is 11.8 Å². The minimum absolute atomic E-state index is 0.0295. The molecule has 2 saturated heterocycles. The molecule has 0 radical (unpaired) electrons. The number of hydrogen-bond acceptors (Lipinski definition) is 5. The summed E-state index contributed by atoms with van der Waals surface area (Å²) in [5.41, 5.74) is 1.79. The molecule has 2 aromatic rings. The third kappa shape index (κ3) is 4.31. The predicted octanol–water partition coefficient (Wildman–Crippen LogP) is 2.80. The Morgan fingerprint density at radius 3 is 2.29 bits per heavy atom. The van der Waals surface area contributed by atoms with E-state index in [2.05, 4.69) is 4.90 Å². The molecular weight excluding hydrogens is 394 g/mol. The third-order valence-corrected chi connectivity index (χ3v) is 5.95. The van der Waals surface area contributed by atoms with Gasteiger partial charge < -0.3 is 24.2 Å². The molecule has 1 atom stereocenters. The molecule has 2 aliphatic rings. The van der Waals surface area contributed by atoms with Crippen LogP contribution in [-0.4, -0.2) is 63.2 Å². The quantitative estimate of drug-likeness (QED) is 0.715. The monoisotopic (exact) mass is 423 g/mol. The number of anilines is 2. The third-order valence-electron chi connectivity index (χ3n) is 5.95. The van der Waals surface area contributed by atoms with Crippen LogP contribution >= 0.6 is 0 Å². The number of hydrogen-bond donors (Lipinski definition) is 0. The van der Waals surface area contributed by atoms with Crippen LogP contribution in [0.2, 0.25) is 0 Å². The number of para-hydroxylation sites is 4. The Hall–Kier alpha value is -3.22. The molecule has 0 unspecified atom stereocenters. The number of rotatable bonds is 6. The van der Waals surface area contributed by atoms with Crippen LogP contribution < -0.4 is 19.3 Å². The molecule has 2 fully saturated rings. The van der Waals surface area contributed by atoms with Gasteiger partial charge in [-0.05, 0) is 31.2 Å². The second kappa shape index (κ2) is 9.29. The fourth-order valence-corrected chi connectivity index (χ4v) is 4.38. The highest BCUT2D eigenvalue weighted by atomic mass is 16.5. The van der Waals surface area contributed by atoms with Crippen molar-refractivity contribution in [2.45, 2.75) is 13.3 Å². The van der Waals surface area contributed by atoms with E-state index in [1.807, 2.05) is 60.4 Å². The Balaban J connectivity index is 1.39. The van der Waals surface area contributed by atoms with Gasteiger partial charge in [-0.25, -0.2) is 0 Å². The largest absolute Gasteiger partial charge is 0.495 e. The maximum absolute atomic E-state index is 13.2. The van der Waals surface area contributed by atoms with Crippen LogP contribution in [0.15, 0.2) is 48.5 Å². The predicted molar refractivity (Wildman–Crippen MR) is 120 cm³/mol. The molecule has 7 heteroatoms. The normalized spacial score (nSPS) is 19.0. The summed E-state index contributed by atoms with van der Waals surface area (Å²) in [6.07, 6.45) is 0.242. The summed E-state index contributed by atoms with van der Waals surface area (Å²) < 4.78 is 11.1. The summed E-state index contributed by atoms with van der Waals surface area (Å²) in [6.45, 7) is 5.59. The first-order valence-electron chi connectivity index (χ1n) is 10.8. The second-order valence-electron chi connectivity index (χ2n) is 7.79. The first kappa shape index (κ1) is 21.0. The average molecular weight is 424 g/mol. The van der Waals surface area contributed by atoms with Crippen molar-refractivity contribution in [2.75, 3.05) is 56.2 Å². The molecule has 0 aliphatic carbocycles. The van der Waals surface area contributed by atoms with Crippen LogP contribution in [0.1, 0.15) is 13.3 Å². The Morgan fingerprint density at radius 2 is 1.61 bits per heavy atom. The van der Waals surface area contributed by atoms with E-state index >= 15 is 0 Å². The van der Waals surface area contributed by atoms with E-state index in [1.165, 1.54) is 0 Å². The molecule has 0 N–H and O–H groups in total. The topological polar surface area (TPSA) is 62.3 Å². The molecule has 0 aromatic heterocycles. The number of carbonyl (C=O) groups is 2. The summed E-state index contributed by atoms with van der Waals surface area (Å²) in [6, 6.07) is 15.4. The molecule has 0 spiro atoms. The van der Waals surface area contributed by atoms with Gasteiger partial charge in [-0.1, -0.05) is 24.3 Å². The van der Waals surface area contributed by atoms with Gasteiger partial charge in [0.15, 0.2) is 0 Å². The van der Waals surface area contributed by atoms with Crippen molar-refractivity contribution in [1.29, 1.82) is 0 Å². The summed E-state index contributed by atoms with van der Waals surface area (Å²) in [7, 11) is 1.67. The van der Waals surface area contributed by atoms with Gasteiger partial charge in [-0.3, -0.25) is 9.59 Å². The summed E-state index contributed by atoms with van der Waals surface area (Å²) in [5, 5.41) is 0. The molecule has 0 bridgehead atoms. The van der Waals surface area contributed by atoms with Crippen LogP contribution in [0.4, 0.5) is 11.4 Å². The van der Waals surface area contributed by atoms with Gasteiger partial charge in [0, 0.05) is 39.1 Å². The molecule has 31 heavy (non-hydrogen) atoms. The van der Waals surface area contributed by atoms with Crippen LogP contribution in [-0.2, 0) is 9.59 Å². The van der Waals surface area contributed by atoms with Crippen molar-refractivity contribution < 1.29 is 19.1 Å². The van der Waals surface area contributed by atoms with E-state index in [0.29, 0.717) is 32.0 Å². The molecule has 0 saturated carbocycles. The Labute approximate surface area is 183 Å². The average Bonchev–Trinajstić information content (AvgIpc) is 3.20. The fourth-order valence-electron chi connectivity index (χ4n) is 4.38. The zero-order valence-electron chi connectivity index (χ0n) is 18.1. The molecule has 2 amide bonds. The molecule has 7 nitrogen and oxygen atoms in total. The highest BCUT2D eigenvalue weighted by Gasteiger charge is 2.38. The molecule has 2 heterocycles. The summed E-state index contributed by atoms with van der Waals surface area (Å²) in [5.74, 6) is 1.23. The lowest BCUT2D eigenvalue weighted by Gasteiger charge is -2.37. The van der Waals surface area contributed by atoms with Gasteiger partial charge >= 0.3 is 0 Å². The number of nitrogens with zero attached hydrogens (tertiary/aromatic N) is 3. The number of benzene rings is 2. The van der Waals surface area contributed by atoms with Gasteiger partial charge in [0.05, 0.1) is 31.0 Å². The van der Waals surface area contributed by atoms with Crippen molar-refractivity contribution in [3.8, 4) is 11.5 Å². The number of piperazine rings is 1. The maximum atomic E-state index is 13.2. The number of carbonyl (C=O) groups excluding carboxylic acids is 2. The van der Waals surface area contributed by atoms with E-state index in [-0.39, 0.29) is 24.2 Å². The molecule has 2 aliphatic heterocycles. The molecule has 4 rings (SSSR count). The SMILES string of the molecule is CCOc1ccccc1N1C[C@@H](C(=O)N2CCN(c3ccccc3OC)CC2)CC1=O. The van der Waals surface area contributed by atoms with Crippen molar-refractivity contribution in [1.82, 2.24) is 4.90 Å². The first-order chi connectivity index (χ1) is 15.1. The summed E-state index contributed by atoms with van der Waals surface area (Å²) in [4.78, 5) is 31.7. The zero-order valence-corrected chi connectivity index (χ0v) is 18.1. The lowest BCUT2D eigenvalue weighted by atomic mass is 10.1. The van der Waals surface area contributed by atoms with E-state index in [9.17, 15) is 9.59 Å². The number of methoxy groups -OCH3 is 1. The molecular formula is C24H29N3O4. The van der Waals surface area contributed by atoms with Crippen LogP contribution in [0, 0.1) is 5.92 Å². The van der Waals surface area contributed by atoms with Crippen molar-refractivity contribution >= 4 is 23.2 Å². The van der Waals surface area contributed by atoms with Gasteiger partial charge in [0.1, 0.15) is 11.5 Å². The van der Waals surface area contributed by atoms with E-state index in [1.54, 1.807) is 12.0 Å². The van der Waals surface area contributed by atoms with Crippen molar-refractivity contribution in [3.63, 3.8) is 0 Å². The lowest BCUT2D eigenvalue weighted by Crippen LogP contribution is -2.50. The van der Waals surface area contributed by atoms with Crippen LogP contribution in [0.5, 0.6) is 11.5 Å². The maximum Gasteiger partial charge on any atom is 0.228 e. The fraction of sp³-hybridized carbons (Fsp3) is 0.417. The van der Waals surface area contributed by atoms with Gasteiger partial charge in [-0.15, -0.1) is 0 Å². The van der Waals surface area contributed by atoms with Gasteiger partial charge in [-0.2, -0.15) is 0 Å². The Morgan fingerprint density at radius 1 is 0.968 bits per heavy atom.